The Morgan fingerprint density at radius 2 is 1.58 bits per heavy atom. The molecule has 19 heavy (non-hydrogen) atoms. The maximum absolute atomic E-state index is 5.88. The van der Waals surface area contributed by atoms with Crippen molar-refractivity contribution in [2.75, 3.05) is 17.7 Å². The Morgan fingerprint density at radius 3 is 2.21 bits per heavy atom. The van der Waals surface area contributed by atoms with Gasteiger partial charge in [-0.25, -0.2) is 0 Å². The molecule has 2 aromatic rings. The second kappa shape index (κ2) is 5.65. The first-order valence-corrected chi connectivity index (χ1v) is 6.45. The van der Waals surface area contributed by atoms with Crippen molar-refractivity contribution in [2.45, 2.75) is 20.8 Å². The number of benzene rings is 2. The molecule has 2 rings (SSSR count). The zero-order valence-electron chi connectivity index (χ0n) is 11.7. The Labute approximate surface area is 114 Å². The SMILES string of the molecule is CCOc1cc(N)cc(Nc2cc(C)cc(C)c2)c1. The van der Waals surface area contributed by atoms with E-state index < -0.39 is 0 Å². The first kappa shape index (κ1) is 13.3. The Morgan fingerprint density at radius 1 is 0.947 bits per heavy atom. The molecule has 0 aromatic heterocycles. The van der Waals surface area contributed by atoms with Gasteiger partial charge in [0, 0.05) is 29.2 Å². The molecule has 2 aromatic carbocycles. The van der Waals surface area contributed by atoms with E-state index in [0.717, 1.165) is 17.1 Å². The highest BCUT2D eigenvalue weighted by molar-refractivity contribution is 5.67. The molecule has 0 amide bonds. The summed E-state index contributed by atoms with van der Waals surface area (Å²) < 4.78 is 5.49. The van der Waals surface area contributed by atoms with E-state index in [1.807, 2.05) is 25.1 Å². The second-order valence-corrected chi connectivity index (χ2v) is 4.73. The zero-order chi connectivity index (χ0) is 13.8. The van der Waals surface area contributed by atoms with Gasteiger partial charge in [-0.15, -0.1) is 0 Å². The summed E-state index contributed by atoms with van der Waals surface area (Å²) in [5.74, 6) is 0.786. The third kappa shape index (κ3) is 3.65. The quantitative estimate of drug-likeness (QED) is 0.812. The number of anilines is 3. The van der Waals surface area contributed by atoms with Crippen molar-refractivity contribution in [1.29, 1.82) is 0 Å². The van der Waals surface area contributed by atoms with Crippen LogP contribution in [0.3, 0.4) is 0 Å². The van der Waals surface area contributed by atoms with Gasteiger partial charge in [-0.1, -0.05) is 6.07 Å². The van der Waals surface area contributed by atoms with Crippen LogP contribution in [0.2, 0.25) is 0 Å². The third-order valence-electron chi connectivity index (χ3n) is 2.75. The molecule has 0 saturated heterocycles. The van der Waals surface area contributed by atoms with Crippen molar-refractivity contribution in [2.24, 2.45) is 0 Å². The van der Waals surface area contributed by atoms with Gasteiger partial charge in [-0.3, -0.25) is 0 Å². The van der Waals surface area contributed by atoms with Gasteiger partial charge in [0.1, 0.15) is 5.75 Å². The molecule has 0 aliphatic carbocycles. The minimum absolute atomic E-state index is 0.631. The van der Waals surface area contributed by atoms with Crippen LogP contribution >= 0.6 is 0 Å². The molecule has 100 valence electrons. The summed E-state index contributed by atoms with van der Waals surface area (Å²) in [6.45, 7) is 6.76. The molecule has 0 saturated carbocycles. The van der Waals surface area contributed by atoms with Crippen LogP contribution in [-0.4, -0.2) is 6.61 Å². The molecule has 0 aliphatic heterocycles. The Kier molecular flexibility index (Phi) is 3.95. The van der Waals surface area contributed by atoms with Crippen molar-refractivity contribution < 1.29 is 4.74 Å². The molecular weight excluding hydrogens is 236 g/mol. The first-order valence-electron chi connectivity index (χ1n) is 6.45. The van der Waals surface area contributed by atoms with E-state index in [-0.39, 0.29) is 0 Å². The van der Waals surface area contributed by atoms with Crippen LogP contribution < -0.4 is 15.8 Å². The van der Waals surface area contributed by atoms with Crippen LogP contribution in [-0.2, 0) is 0 Å². The topological polar surface area (TPSA) is 47.3 Å². The summed E-state index contributed by atoms with van der Waals surface area (Å²) >= 11 is 0. The molecule has 0 atom stereocenters. The predicted octanol–water partition coefficient (Wildman–Crippen LogP) is 4.03. The normalized spacial score (nSPS) is 10.3. The number of nitrogens with one attached hydrogen (secondary N) is 1. The Bertz CT molecular complexity index is 559. The molecule has 0 fully saturated rings. The van der Waals surface area contributed by atoms with E-state index in [1.54, 1.807) is 0 Å². The minimum Gasteiger partial charge on any atom is -0.494 e. The van der Waals surface area contributed by atoms with Crippen LogP contribution in [0.5, 0.6) is 5.75 Å². The van der Waals surface area contributed by atoms with Crippen LogP contribution in [0.1, 0.15) is 18.1 Å². The van der Waals surface area contributed by atoms with Crippen molar-refractivity contribution in [1.82, 2.24) is 0 Å². The number of hydrogen-bond donors (Lipinski definition) is 2. The molecule has 0 bridgehead atoms. The first-order chi connectivity index (χ1) is 9.06. The lowest BCUT2D eigenvalue weighted by Gasteiger charge is -2.11. The van der Waals surface area contributed by atoms with Gasteiger partial charge in [0.15, 0.2) is 0 Å². The average molecular weight is 256 g/mol. The summed E-state index contributed by atoms with van der Waals surface area (Å²) in [6.07, 6.45) is 0. The van der Waals surface area contributed by atoms with E-state index in [9.17, 15) is 0 Å². The van der Waals surface area contributed by atoms with Crippen molar-refractivity contribution in [3.8, 4) is 5.75 Å². The van der Waals surface area contributed by atoms with Crippen molar-refractivity contribution >= 4 is 17.1 Å². The molecule has 0 heterocycles. The summed E-state index contributed by atoms with van der Waals surface area (Å²) in [4.78, 5) is 0. The maximum Gasteiger partial charge on any atom is 0.123 e. The van der Waals surface area contributed by atoms with E-state index >= 15 is 0 Å². The van der Waals surface area contributed by atoms with Gasteiger partial charge in [-0.2, -0.15) is 0 Å². The van der Waals surface area contributed by atoms with Crippen LogP contribution in [0.15, 0.2) is 36.4 Å². The summed E-state index contributed by atoms with van der Waals surface area (Å²) in [5.41, 5.74) is 11.0. The lowest BCUT2D eigenvalue weighted by molar-refractivity contribution is 0.340. The number of ether oxygens (including phenoxy) is 1. The average Bonchev–Trinajstić information content (AvgIpc) is 2.26. The van der Waals surface area contributed by atoms with E-state index in [4.69, 9.17) is 10.5 Å². The van der Waals surface area contributed by atoms with E-state index in [2.05, 4.69) is 37.4 Å². The molecule has 0 spiro atoms. The highest BCUT2D eigenvalue weighted by atomic mass is 16.5. The molecule has 3 nitrogen and oxygen atoms in total. The van der Waals surface area contributed by atoms with Gasteiger partial charge in [0.2, 0.25) is 0 Å². The summed E-state index contributed by atoms with van der Waals surface area (Å²) in [6, 6.07) is 12.1. The standard InChI is InChI=1S/C16H20N2O/c1-4-19-16-9-13(17)8-15(10-16)18-14-6-11(2)5-12(3)7-14/h5-10,18H,4,17H2,1-3H3. The monoisotopic (exact) mass is 256 g/mol. The summed E-state index contributed by atoms with van der Waals surface area (Å²) in [5, 5.41) is 3.37. The lowest BCUT2D eigenvalue weighted by Crippen LogP contribution is -1.97. The zero-order valence-corrected chi connectivity index (χ0v) is 11.7. The van der Waals surface area contributed by atoms with Gasteiger partial charge >= 0.3 is 0 Å². The molecule has 0 radical (unpaired) electrons. The van der Waals surface area contributed by atoms with Gasteiger partial charge in [0.05, 0.1) is 6.61 Å². The van der Waals surface area contributed by atoms with Gasteiger partial charge in [0.25, 0.3) is 0 Å². The molecule has 0 unspecified atom stereocenters. The predicted molar refractivity (Wildman–Crippen MR) is 81.2 cm³/mol. The van der Waals surface area contributed by atoms with E-state index in [0.29, 0.717) is 12.3 Å². The molecule has 0 aliphatic rings. The highest BCUT2D eigenvalue weighted by Crippen LogP contribution is 2.26. The Balaban J connectivity index is 2.27. The fraction of sp³-hybridized carbons (Fsp3) is 0.250. The van der Waals surface area contributed by atoms with Gasteiger partial charge in [-0.05, 0) is 50.1 Å². The minimum atomic E-state index is 0.631. The molecule has 3 N–H and O–H groups in total. The number of hydrogen-bond acceptors (Lipinski definition) is 3. The largest absolute Gasteiger partial charge is 0.494 e. The molecule has 3 heteroatoms. The third-order valence-corrected chi connectivity index (χ3v) is 2.75. The lowest BCUT2D eigenvalue weighted by atomic mass is 10.1. The molecular formula is C16H20N2O. The van der Waals surface area contributed by atoms with Crippen LogP contribution in [0.25, 0.3) is 0 Å². The van der Waals surface area contributed by atoms with Crippen LogP contribution in [0, 0.1) is 13.8 Å². The smallest absolute Gasteiger partial charge is 0.123 e. The maximum atomic E-state index is 5.88. The number of nitrogens with two attached hydrogens (primary N) is 1. The number of aryl methyl sites for hydroxylation is 2. The van der Waals surface area contributed by atoms with E-state index in [1.165, 1.54) is 11.1 Å². The van der Waals surface area contributed by atoms with Crippen molar-refractivity contribution in [3.63, 3.8) is 0 Å². The number of nitrogen functional groups attached to an aromatic ring is 1. The fourth-order valence-corrected chi connectivity index (χ4v) is 2.16. The summed E-state index contributed by atoms with van der Waals surface area (Å²) in [7, 11) is 0. The van der Waals surface area contributed by atoms with Crippen molar-refractivity contribution in [3.05, 3.63) is 47.5 Å². The highest BCUT2D eigenvalue weighted by Gasteiger charge is 2.01. The number of rotatable bonds is 4. The fourth-order valence-electron chi connectivity index (χ4n) is 2.16. The second-order valence-electron chi connectivity index (χ2n) is 4.73. The Hall–Kier alpha value is -2.16. The van der Waals surface area contributed by atoms with Crippen LogP contribution in [0.4, 0.5) is 17.1 Å². The van der Waals surface area contributed by atoms with Gasteiger partial charge < -0.3 is 15.8 Å².